The summed E-state index contributed by atoms with van der Waals surface area (Å²) in [5.41, 5.74) is 2.54. The van der Waals surface area contributed by atoms with Crippen LogP contribution in [0.3, 0.4) is 0 Å². The molecule has 0 saturated carbocycles. The van der Waals surface area contributed by atoms with Crippen molar-refractivity contribution in [2.24, 2.45) is 0 Å². The number of hydrogen-bond donors (Lipinski definition) is 0. The molecule has 1 aliphatic heterocycles. The molecule has 1 heterocycles. The Morgan fingerprint density at radius 1 is 1.53 bits per heavy atom. The number of alkyl halides is 1. The summed E-state index contributed by atoms with van der Waals surface area (Å²) in [5, 5.41) is 0.0658. The Kier molecular flexibility index (Phi) is 4.71. The fourth-order valence-electron chi connectivity index (χ4n) is 2.11. The number of hydrogen-bond acceptors (Lipinski definition) is 2. The van der Waals surface area contributed by atoms with Crippen LogP contribution in [0.4, 0.5) is 0 Å². The lowest BCUT2D eigenvalue weighted by Crippen LogP contribution is -2.08. The van der Waals surface area contributed by atoms with Gasteiger partial charge in [-0.1, -0.05) is 15.9 Å². The minimum absolute atomic E-state index is 0.0658. The van der Waals surface area contributed by atoms with Gasteiger partial charge in [0.1, 0.15) is 5.75 Å². The van der Waals surface area contributed by atoms with Crippen molar-refractivity contribution in [1.29, 1.82) is 0 Å². The van der Waals surface area contributed by atoms with Crippen LogP contribution in [-0.4, -0.2) is 25.7 Å². The highest BCUT2D eigenvalue weighted by Gasteiger charge is 2.18. The maximum atomic E-state index is 6.14. The maximum Gasteiger partial charge on any atom is 0.125 e. The molecule has 0 amide bonds. The molecule has 0 spiro atoms. The lowest BCUT2D eigenvalue weighted by molar-refractivity contribution is 0.195. The van der Waals surface area contributed by atoms with Gasteiger partial charge in [-0.25, -0.2) is 0 Å². The first-order valence-electron chi connectivity index (χ1n) is 5.78. The van der Waals surface area contributed by atoms with Crippen molar-refractivity contribution >= 4 is 27.5 Å². The van der Waals surface area contributed by atoms with Gasteiger partial charge in [-0.2, -0.15) is 0 Å². The molecule has 1 aromatic rings. The predicted molar refractivity (Wildman–Crippen MR) is 73.2 cm³/mol. The van der Waals surface area contributed by atoms with Crippen LogP contribution in [0.1, 0.15) is 17.5 Å². The van der Waals surface area contributed by atoms with Crippen molar-refractivity contribution < 1.29 is 9.47 Å². The standard InChI is InChI=1S/C13H16BrClO2/c1-16-8-12(15)3-2-9-6-11(14)7-10-4-5-17-13(9)10/h6-7,12H,2-5,8H2,1H3. The summed E-state index contributed by atoms with van der Waals surface area (Å²) >= 11 is 9.68. The number of rotatable bonds is 5. The fraction of sp³-hybridized carbons (Fsp3) is 0.538. The topological polar surface area (TPSA) is 18.5 Å². The number of benzene rings is 1. The van der Waals surface area contributed by atoms with Gasteiger partial charge in [0.25, 0.3) is 0 Å². The Labute approximate surface area is 115 Å². The van der Waals surface area contributed by atoms with Crippen LogP contribution in [0, 0.1) is 0 Å². The lowest BCUT2D eigenvalue weighted by Gasteiger charge is -2.11. The van der Waals surface area contributed by atoms with E-state index >= 15 is 0 Å². The number of methoxy groups -OCH3 is 1. The van der Waals surface area contributed by atoms with Crippen LogP contribution >= 0.6 is 27.5 Å². The van der Waals surface area contributed by atoms with E-state index in [4.69, 9.17) is 21.1 Å². The number of ether oxygens (including phenoxy) is 2. The molecule has 0 N–H and O–H groups in total. The average molecular weight is 320 g/mol. The van der Waals surface area contributed by atoms with Crippen LogP contribution in [0.25, 0.3) is 0 Å². The predicted octanol–water partition coefficient (Wildman–Crippen LogP) is 3.57. The van der Waals surface area contributed by atoms with Crippen LogP contribution in [0.5, 0.6) is 5.75 Å². The summed E-state index contributed by atoms with van der Waals surface area (Å²) in [6.45, 7) is 1.39. The van der Waals surface area contributed by atoms with Crippen LogP contribution in [0.2, 0.25) is 0 Å². The largest absolute Gasteiger partial charge is 0.493 e. The molecule has 1 aromatic carbocycles. The minimum Gasteiger partial charge on any atom is -0.493 e. The molecule has 2 nitrogen and oxygen atoms in total. The summed E-state index contributed by atoms with van der Waals surface area (Å²) in [5.74, 6) is 1.06. The Hall–Kier alpha value is -0.250. The molecule has 1 unspecified atom stereocenters. The first kappa shape index (κ1) is 13.2. The first-order chi connectivity index (χ1) is 8.20. The van der Waals surface area contributed by atoms with E-state index in [2.05, 4.69) is 28.1 Å². The van der Waals surface area contributed by atoms with Crippen molar-refractivity contribution in [1.82, 2.24) is 0 Å². The van der Waals surface area contributed by atoms with Gasteiger partial charge in [0.15, 0.2) is 0 Å². The van der Waals surface area contributed by atoms with Crippen molar-refractivity contribution in [3.63, 3.8) is 0 Å². The second kappa shape index (κ2) is 6.07. The van der Waals surface area contributed by atoms with Gasteiger partial charge >= 0.3 is 0 Å². The molecule has 1 atom stereocenters. The summed E-state index contributed by atoms with van der Waals surface area (Å²) in [4.78, 5) is 0. The third kappa shape index (κ3) is 3.36. The van der Waals surface area contributed by atoms with E-state index in [0.717, 1.165) is 36.1 Å². The molecule has 0 aromatic heterocycles. The van der Waals surface area contributed by atoms with Crippen molar-refractivity contribution in [2.45, 2.75) is 24.6 Å². The zero-order valence-corrected chi connectivity index (χ0v) is 12.2. The Bertz CT molecular complexity index is 395. The molecule has 17 heavy (non-hydrogen) atoms. The highest BCUT2D eigenvalue weighted by Crippen LogP contribution is 2.34. The van der Waals surface area contributed by atoms with Gasteiger partial charge in [0.2, 0.25) is 0 Å². The molecule has 1 aliphatic rings. The van der Waals surface area contributed by atoms with Gasteiger partial charge in [0, 0.05) is 18.0 Å². The molecule has 0 aliphatic carbocycles. The molecule has 0 bridgehead atoms. The van der Waals surface area contributed by atoms with E-state index < -0.39 is 0 Å². The molecule has 94 valence electrons. The minimum atomic E-state index is 0.0658. The number of fused-ring (bicyclic) bond motifs is 1. The van der Waals surface area contributed by atoms with E-state index in [1.807, 2.05) is 0 Å². The van der Waals surface area contributed by atoms with Crippen molar-refractivity contribution in [3.05, 3.63) is 27.7 Å². The monoisotopic (exact) mass is 318 g/mol. The summed E-state index contributed by atoms with van der Waals surface area (Å²) in [6.07, 6.45) is 2.84. The first-order valence-corrected chi connectivity index (χ1v) is 7.00. The van der Waals surface area contributed by atoms with E-state index in [9.17, 15) is 0 Å². The maximum absolute atomic E-state index is 6.14. The van der Waals surface area contributed by atoms with Gasteiger partial charge in [0.05, 0.1) is 18.6 Å². The second-order valence-electron chi connectivity index (χ2n) is 4.24. The fourth-order valence-corrected chi connectivity index (χ4v) is 2.90. The highest BCUT2D eigenvalue weighted by atomic mass is 79.9. The van der Waals surface area contributed by atoms with Crippen LogP contribution in [0.15, 0.2) is 16.6 Å². The third-order valence-electron chi connectivity index (χ3n) is 2.90. The molecular formula is C13H16BrClO2. The summed E-state index contributed by atoms with van der Waals surface area (Å²) in [6, 6.07) is 4.26. The van der Waals surface area contributed by atoms with E-state index in [0.29, 0.717) is 6.61 Å². The molecule has 0 saturated heterocycles. The van der Waals surface area contributed by atoms with Crippen LogP contribution in [-0.2, 0) is 17.6 Å². The highest BCUT2D eigenvalue weighted by molar-refractivity contribution is 9.10. The Balaban J connectivity index is 2.05. The molecule has 0 fully saturated rings. The second-order valence-corrected chi connectivity index (χ2v) is 5.78. The average Bonchev–Trinajstić information content (AvgIpc) is 2.74. The third-order valence-corrected chi connectivity index (χ3v) is 3.70. The quantitative estimate of drug-likeness (QED) is 0.773. The van der Waals surface area contributed by atoms with E-state index in [1.54, 1.807) is 7.11 Å². The Morgan fingerprint density at radius 3 is 3.12 bits per heavy atom. The number of halogens is 2. The van der Waals surface area contributed by atoms with Gasteiger partial charge < -0.3 is 9.47 Å². The van der Waals surface area contributed by atoms with Gasteiger partial charge in [-0.15, -0.1) is 11.6 Å². The SMILES string of the molecule is COCC(Cl)CCc1cc(Br)cc2c1OCC2. The lowest BCUT2D eigenvalue weighted by atomic mass is 10.0. The number of aryl methyl sites for hydroxylation is 1. The van der Waals surface area contributed by atoms with Crippen LogP contribution < -0.4 is 4.74 Å². The van der Waals surface area contributed by atoms with E-state index in [-0.39, 0.29) is 5.38 Å². The van der Waals surface area contributed by atoms with E-state index in [1.165, 1.54) is 11.1 Å². The Morgan fingerprint density at radius 2 is 2.35 bits per heavy atom. The smallest absolute Gasteiger partial charge is 0.125 e. The normalized spacial score (nSPS) is 15.5. The summed E-state index contributed by atoms with van der Waals surface area (Å²) < 4.78 is 11.8. The zero-order chi connectivity index (χ0) is 12.3. The molecule has 0 radical (unpaired) electrons. The van der Waals surface area contributed by atoms with Crippen molar-refractivity contribution in [2.75, 3.05) is 20.3 Å². The van der Waals surface area contributed by atoms with Gasteiger partial charge in [-0.05, 0) is 36.1 Å². The molecule has 4 heteroatoms. The van der Waals surface area contributed by atoms with Gasteiger partial charge in [-0.3, -0.25) is 0 Å². The zero-order valence-electron chi connectivity index (χ0n) is 9.84. The molecular weight excluding hydrogens is 303 g/mol. The van der Waals surface area contributed by atoms with Crippen molar-refractivity contribution in [3.8, 4) is 5.75 Å². The summed E-state index contributed by atoms with van der Waals surface area (Å²) in [7, 11) is 1.68. The molecule has 2 rings (SSSR count).